The zero-order chi connectivity index (χ0) is 11.3. The summed E-state index contributed by atoms with van der Waals surface area (Å²) in [4.78, 5) is 3.94. The third kappa shape index (κ3) is 3.78. The van der Waals surface area contributed by atoms with Crippen LogP contribution in [-0.2, 0) is 6.54 Å². The standard InChI is InChI=1S/C11H18ClN3/c1-8(2)11(5-13)15-6-9-3-4-14-7-10(9)12/h3-4,7-8,11,15H,5-6,13H2,1-2H3. The van der Waals surface area contributed by atoms with Crippen molar-refractivity contribution in [2.24, 2.45) is 11.7 Å². The molecule has 15 heavy (non-hydrogen) atoms. The zero-order valence-corrected chi connectivity index (χ0v) is 9.96. The molecule has 0 aliphatic heterocycles. The van der Waals surface area contributed by atoms with Crippen molar-refractivity contribution in [3.05, 3.63) is 29.0 Å². The van der Waals surface area contributed by atoms with E-state index >= 15 is 0 Å². The van der Waals surface area contributed by atoms with Crippen molar-refractivity contribution >= 4 is 11.6 Å². The van der Waals surface area contributed by atoms with Gasteiger partial charge in [-0.25, -0.2) is 0 Å². The van der Waals surface area contributed by atoms with Gasteiger partial charge in [-0.05, 0) is 17.5 Å². The Morgan fingerprint density at radius 2 is 2.27 bits per heavy atom. The van der Waals surface area contributed by atoms with Crippen LogP contribution in [0, 0.1) is 5.92 Å². The van der Waals surface area contributed by atoms with Gasteiger partial charge in [0.05, 0.1) is 5.02 Å². The highest BCUT2D eigenvalue weighted by molar-refractivity contribution is 6.31. The van der Waals surface area contributed by atoms with Gasteiger partial charge in [0.25, 0.3) is 0 Å². The minimum Gasteiger partial charge on any atom is -0.329 e. The predicted molar refractivity (Wildman–Crippen MR) is 63.8 cm³/mol. The summed E-state index contributed by atoms with van der Waals surface area (Å²) >= 11 is 6.00. The Balaban J connectivity index is 2.53. The smallest absolute Gasteiger partial charge is 0.0634 e. The van der Waals surface area contributed by atoms with Crippen LogP contribution in [0.3, 0.4) is 0 Å². The largest absolute Gasteiger partial charge is 0.329 e. The number of pyridine rings is 1. The minimum absolute atomic E-state index is 0.328. The van der Waals surface area contributed by atoms with E-state index in [1.54, 1.807) is 12.4 Å². The lowest BCUT2D eigenvalue weighted by atomic mass is 10.0. The van der Waals surface area contributed by atoms with Crippen LogP contribution >= 0.6 is 11.6 Å². The number of aromatic nitrogens is 1. The number of rotatable bonds is 5. The molecule has 3 nitrogen and oxygen atoms in total. The second-order valence-electron chi connectivity index (χ2n) is 3.93. The molecule has 0 aliphatic rings. The first-order valence-electron chi connectivity index (χ1n) is 5.17. The lowest BCUT2D eigenvalue weighted by Crippen LogP contribution is -2.39. The Kier molecular flexibility index (Phi) is 5.02. The Morgan fingerprint density at radius 1 is 1.53 bits per heavy atom. The van der Waals surface area contributed by atoms with Gasteiger partial charge < -0.3 is 11.1 Å². The van der Waals surface area contributed by atoms with Crippen LogP contribution in [0.15, 0.2) is 18.5 Å². The summed E-state index contributed by atoms with van der Waals surface area (Å²) in [5, 5.41) is 4.09. The fourth-order valence-corrected chi connectivity index (χ4v) is 1.57. The summed E-state index contributed by atoms with van der Waals surface area (Å²) < 4.78 is 0. The SMILES string of the molecule is CC(C)C(CN)NCc1ccncc1Cl. The highest BCUT2D eigenvalue weighted by Crippen LogP contribution is 2.13. The molecule has 0 spiro atoms. The minimum atomic E-state index is 0.328. The van der Waals surface area contributed by atoms with Crippen LogP contribution in [0.1, 0.15) is 19.4 Å². The van der Waals surface area contributed by atoms with E-state index in [4.69, 9.17) is 17.3 Å². The maximum absolute atomic E-state index is 6.00. The van der Waals surface area contributed by atoms with Crippen molar-refractivity contribution in [1.82, 2.24) is 10.3 Å². The van der Waals surface area contributed by atoms with Crippen molar-refractivity contribution in [3.8, 4) is 0 Å². The molecule has 0 saturated heterocycles. The van der Waals surface area contributed by atoms with E-state index in [1.165, 1.54) is 0 Å². The molecule has 1 unspecified atom stereocenters. The van der Waals surface area contributed by atoms with Crippen molar-refractivity contribution in [3.63, 3.8) is 0 Å². The average Bonchev–Trinajstić information content (AvgIpc) is 2.21. The molecule has 0 bridgehead atoms. The fraction of sp³-hybridized carbons (Fsp3) is 0.545. The molecule has 1 aromatic heterocycles. The maximum atomic E-state index is 6.00. The fourth-order valence-electron chi connectivity index (χ4n) is 1.38. The Hall–Kier alpha value is -0.640. The van der Waals surface area contributed by atoms with Gasteiger partial charge in [-0.3, -0.25) is 4.98 Å². The van der Waals surface area contributed by atoms with Crippen molar-refractivity contribution in [2.75, 3.05) is 6.54 Å². The number of halogens is 1. The molecule has 1 heterocycles. The molecule has 0 aromatic carbocycles. The van der Waals surface area contributed by atoms with Crippen molar-refractivity contribution in [2.45, 2.75) is 26.4 Å². The summed E-state index contributed by atoms with van der Waals surface area (Å²) in [6.45, 7) is 5.68. The molecule has 0 radical (unpaired) electrons. The zero-order valence-electron chi connectivity index (χ0n) is 9.20. The van der Waals surface area contributed by atoms with Crippen LogP contribution in [0.2, 0.25) is 5.02 Å². The summed E-state index contributed by atoms with van der Waals surface area (Å²) in [5.41, 5.74) is 6.73. The average molecular weight is 228 g/mol. The van der Waals surface area contributed by atoms with Crippen LogP contribution in [0.25, 0.3) is 0 Å². The molecule has 0 amide bonds. The Bertz CT molecular complexity index is 302. The monoisotopic (exact) mass is 227 g/mol. The molecule has 0 aliphatic carbocycles. The third-order valence-electron chi connectivity index (χ3n) is 2.47. The first-order chi connectivity index (χ1) is 7.15. The molecule has 0 saturated carbocycles. The highest BCUT2D eigenvalue weighted by atomic mass is 35.5. The number of hydrogen-bond acceptors (Lipinski definition) is 3. The first-order valence-corrected chi connectivity index (χ1v) is 5.54. The first kappa shape index (κ1) is 12.4. The van der Waals surface area contributed by atoms with Gasteiger partial charge >= 0.3 is 0 Å². The molecular formula is C11H18ClN3. The van der Waals surface area contributed by atoms with E-state index < -0.39 is 0 Å². The van der Waals surface area contributed by atoms with Gasteiger partial charge in [-0.15, -0.1) is 0 Å². The molecule has 1 atom stereocenters. The molecular weight excluding hydrogens is 210 g/mol. The van der Waals surface area contributed by atoms with Crippen molar-refractivity contribution < 1.29 is 0 Å². The van der Waals surface area contributed by atoms with Crippen LogP contribution in [-0.4, -0.2) is 17.6 Å². The van der Waals surface area contributed by atoms with Gasteiger partial charge in [0, 0.05) is 31.5 Å². The van der Waals surface area contributed by atoms with Crippen LogP contribution < -0.4 is 11.1 Å². The van der Waals surface area contributed by atoms with E-state index in [1.807, 2.05) is 6.07 Å². The van der Waals surface area contributed by atoms with E-state index in [0.29, 0.717) is 23.5 Å². The second-order valence-corrected chi connectivity index (χ2v) is 4.34. The number of nitrogens with zero attached hydrogens (tertiary/aromatic N) is 1. The topological polar surface area (TPSA) is 50.9 Å². The summed E-state index contributed by atoms with van der Waals surface area (Å²) in [6, 6.07) is 2.25. The molecule has 84 valence electrons. The van der Waals surface area contributed by atoms with Gasteiger partial charge in [0.1, 0.15) is 0 Å². The summed E-state index contributed by atoms with van der Waals surface area (Å²) in [5.74, 6) is 0.524. The lowest BCUT2D eigenvalue weighted by Gasteiger charge is -2.20. The van der Waals surface area contributed by atoms with E-state index in [-0.39, 0.29) is 0 Å². The summed E-state index contributed by atoms with van der Waals surface area (Å²) in [7, 11) is 0. The number of nitrogens with two attached hydrogens (primary N) is 1. The number of hydrogen-bond donors (Lipinski definition) is 2. The van der Waals surface area contributed by atoms with E-state index in [9.17, 15) is 0 Å². The molecule has 4 heteroatoms. The molecule has 1 rings (SSSR count). The van der Waals surface area contributed by atoms with Gasteiger partial charge in [-0.1, -0.05) is 25.4 Å². The van der Waals surface area contributed by atoms with Crippen LogP contribution in [0.4, 0.5) is 0 Å². The number of nitrogens with one attached hydrogen (secondary N) is 1. The normalized spacial score (nSPS) is 13.1. The highest BCUT2D eigenvalue weighted by Gasteiger charge is 2.10. The Morgan fingerprint density at radius 3 is 2.80 bits per heavy atom. The lowest BCUT2D eigenvalue weighted by molar-refractivity contribution is 0.405. The Labute approximate surface area is 96.0 Å². The second kappa shape index (κ2) is 6.05. The van der Waals surface area contributed by atoms with Gasteiger partial charge in [0.2, 0.25) is 0 Å². The third-order valence-corrected chi connectivity index (χ3v) is 2.81. The predicted octanol–water partition coefficient (Wildman–Crippen LogP) is 1.81. The molecule has 1 aromatic rings. The van der Waals surface area contributed by atoms with Gasteiger partial charge in [-0.2, -0.15) is 0 Å². The maximum Gasteiger partial charge on any atom is 0.0634 e. The molecule has 0 fully saturated rings. The van der Waals surface area contributed by atoms with Crippen molar-refractivity contribution in [1.29, 1.82) is 0 Å². The van der Waals surface area contributed by atoms with E-state index in [0.717, 1.165) is 12.1 Å². The van der Waals surface area contributed by atoms with E-state index in [2.05, 4.69) is 24.1 Å². The quantitative estimate of drug-likeness (QED) is 0.807. The summed E-state index contributed by atoms with van der Waals surface area (Å²) in [6.07, 6.45) is 3.40. The van der Waals surface area contributed by atoms with Gasteiger partial charge in [0.15, 0.2) is 0 Å². The molecule has 3 N–H and O–H groups in total. The van der Waals surface area contributed by atoms with Crippen LogP contribution in [0.5, 0.6) is 0 Å².